The van der Waals surface area contributed by atoms with Crippen LogP contribution >= 0.6 is 0 Å². The van der Waals surface area contributed by atoms with Gasteiger partial charge in [0.05, 0.1) is 23.9 Å². The second-order valence-corrected chi connectivity index (χ2v) is 8.08. The molecule has 4 rings (SSSR count). The van der Waals surface area contributed by atoms with Crippen LogP contribution in [0.2, 0.25) is 0 Å². The normalized spacial score (nSPS) is 18.4. The maximum Gasteiger partial charge on any atom is 0.268 e. The highest BCUT2D eigenvalue weighted by atomic mass is 16.3. The van der Waals surface area contributed by atoms with Crippen molar-refractivity contribution in [2.24, 2.45) is 5.41 Å². The van der Waals surface area contributed by atoms with Crippen LogP contribution in [-0.2, 0) is 0 Å². The lowest BCUT2D eigenvalue weighted by atomic mass is 9.92. The van der Waals surface area contributed by atoms with E-state index in [1.165, 1.54) is 12.8 Å². The second-order valence-electron chi connectivity index (χ2n) is 8.08. The van der Waals surface area contributed by atoms with Crippen molar-refractivity contribution in [1.82, 2.24) is 10.3 Å². The van der Waals surface area contributed by atoms with Crippen LogP contribution < -0.4 is 15.8 Å². The lowest BCUT2D eigenvalue weighted by molar-refractivity contribution is 0.0802. The maximum absolute atomic E-state index is 12.5. The van der Waals surface area contributed by atoms with E-state index in [0.29, 0.717) is 27.6 Å². The molecule has 152 valence electrons. The summed E-state index contributed by atoms with van der Waals surface area (Å²) < 4.78 is 0. The lowest BCUT2D eigenvalue weighted by Gasteiger charge is -2.34. The summed E-state index contributed by atoms with van der Waals surface area (Å²) in [7, 11) is 0. The number of benzene rings is 1. The predicted octanol–water partition coefficient (Wildman–Crippen LogP) is 0.863. The molecular weight excluding hydrogens is 372 g/mol. The van der Waals surface area contributed by atoms with Gasteiger partial charge in [0.25, 0.3) is 11.5 Å². The summed E-state index contributed by atoms with van der Waals surface area (Å²) in [5, 5.41) is 31.2. The van der Waals surface area contributed by atoms with Crippen LogP contribution in [0.1, 0.15) is 41.6 Å². The molecule has 29 heavy (non-hydrogen) atoms. The molecule has 1 aliphatic carbocycles. The molecule has 1 saturated carbocycles. The highest BCUT2D eigenvalue weighted by Gasteiger charge is 2.44. The smallest absolute Gasteiger partial charge is 0.268 e. The first kappa shape index (κ1) is 19.4. The monoisotopic (exact) mass is 396 g/mol. The molecule has 2 aromatic rings. The number of hydrogen-bond acceptors (Lipinski definition) is 6. The van der Waals surface area contributed by atoms with E-state index in [9.17, 15) is 20.0 Å². The van der Waals surface area contributed by atoms with Gasteiger partial charge >= 0.3 is 0 Å². The van der Waals surface area contributed by atoms with Crippen molar-refractivity contribution < 1.29 is 15.0 Å². The van der Waals surface area contributed by atoms with Crippen molar-refractivity contribution in [2.75, 3.05) is 31.1 Å². The Morgan fingerprint density at radius 2 is 2.03 bits per heavy atom. The number of anilines is 1. The van der Waals surface area contributed by atoms with Crippen molar-refractivity contribution in [1.29, 1.82) is 5.26 Å². The summed E-state index contributed by atoms with van der Waals surface area (Å²) in [5.74, 6) is -0.398. The molecule has 2 heterocycles. The molecule has 2 fully saturated rings. The maximum atomic E-state index is 12.5. The summed E-state index contributed by atoms with van der Waals surface area (Å²) in [5.41, 5.74) is 1.62. The number of H-pyrrole nitrogens is 1. The molecule has 1 amide bonds. The molecule has 0 bridgehead atoms. The zero-order valence-electron chi connectivity index (χ0n) is 16.1. The molecule has 8 nitrogen and oxygen atoms in total. The van der Waals surface area contributed by atoms with Crippen LogP contribution in [0.5, 0.6) is 0 Å². The average Bonchev–Trinajstić information content (AvgIpc) is 3.50. The first-order valence-corrected chi connectivity index (χ1v) is 9.88. The molecule has 8 heteroatoms. The fraction of sp³-hybridized carbons (Fsp3) is 0.476. The number of pyridine rings is 1. The van der Waals surface area contributed by atoms with Crippen LogP contribution in [0.15, 0.2) is 23.0 Å². The van der Waals surface area contributed by atoms with Gasteiger partial charge in [-0.15, -0.1) is 0 Å². The zero-order valence-corrected chi connectivity index (χ0v) is 16.1. The molecule has 1 aromatic heterocycles. The number of hydrogen-bond donors (Lipinski definition) is 4. The van der Waals surface area contributed by atoms with E-state index in [4.69, 9.17) is 5.11 Å². The Morgan fingerprint density at radius 1 is 1.31 bits per heavy atom. The Morgan fingerprint density at radius 3 is 2.66 bits per heavy atom. The van der Waals surface area contributed by atoms with E-state index in [2.05, 4.69) is 15.2 Å². The van der Waals surface area contributed by atoms with E-state index in [-0.39, 0.29) is 12.1 Å². The van der Waals surface area contributed by atoms with E-state index in [1.54, 1.807) is 18.2 Å². The summed E-state index contributed by atoms with van der Waals surface area (Å²) in [6.07, 6.45) is 3.58. The molecular formula is C21H24N4O4. The molecule has 4 N–H and O–H groups in total. The first-order chi connectivity index (χ1) is 14.0. The number of carbonyl (C=O) groups excluding carboxylic acids is 1. The number of carbonyl (C=O) groups is 1. The second kappa shape index (κ2) is 7.50. The van der Waals surface area contributed by atoms with E-state index in [1.807, 2.05) is 6.07 Å². The largest absolute Gasteiger partial charge is 0.394 e. The first-order valence-electron chi connectivity index (χ1n) is 9.88. The van der Waals surface area contributed by atoms with Gasteiger partial charge < -0.3 is 25.4 Å². The van der Waals surface area contributed by atoms with Gasteiger partial charge in [-0.2, -0.15) is 5.26 Å². The lowest BCUT2D eigenvalue weighted by Crippen LogP contribution is -2.36. The van der Waals surface area contributed by atoms with Crippen LogP contribution in [0, 0.1) is 16.7 Å². The minimum Gasteiger partial charge on any atom is -0.394 e. The molecule has 1 aromatic carbocycles. The number of nitriles is 1. The van der Waals surface area contributed by atoms with E-state index in [0.717, 1.165) is 25.9 Å². The number of amides is 1. The molecule has 1 spiro atoms. The van der Waals surface area contributed by atoms with Crippen molar-refractivity contribution in [2.45, 2.75) is 31.8 Å². The van der Waals surface area contributed by atoms with Crippen molar-refractivity contribution in [3.8, 4) is 6.07 Å². The van der Waals surface area contributed by atoms with Crippen LogP contribution in [-0.4, -0.2) is 53.4 Å². The van der Waals surface area contributed by atoms with Crippen molar-refractivity contribution >= 4 is 22.5 Å². The number of aromatic amines is 1. The van der Waals surface area contributed by atoms with Gasteiger partial charge in [-0.3, -0.25) is 9.59 Å². The number of fused-ring (bicyclic) bond motifs is 1. The van der Waals surface area contributed by atoms with Crippen molar-refractivity contribution in [3.05, 3.63) is 39.7 Å². The zero-order chi connectivity index (χ0) is 20.6. The van der Waals surface area contributed by atoms with Gasteiger partial charge in [-0.1, -0.05) is 0 Å². The molecule has 1 saturated heterocycles. The number of aliphatic hydroxyl groups is 2. The van der Waals surface area contributed by atoms with Crippen molar-refractivity contribution in [3.63, 3.8) is 0 Å². The third kappa shape index (κ3) is 3.71. The van der Waals surface area contributed by atoms with Gasteiger partial charge in [-0.05, 0) is 49.3 Å². The van der Waals surface area contributed by atoms with E-state index < -0.39 is 24.2 Å². The fourth-order valence-corrected chi connectivity index (χ4v) is 4.11. The van der Waals surface area contributed by atoms with Crippen LogP contribution in [0.3, 0.4) is 0 Å². The SMILES string of the molecule is N#Cc1c(N2CCC3(CC2)CC3)c2cc(C(=O)NCC(O)CO)ccc2[nH]c1=O. The highest BCUT2D eigenvalue weighted by molar-refractivity contribution is 6.02. The number of aliphatic hydroxyl groups excluding tert-OH is 2. The summed E-state index contributed by atoms with van der Waals surface area (Å²) in [6.45, 7) is 1.06. The third-order valence-corrected chi connectivity index (χ3v) is 6.17. The minimum atomic E-state index is -1.03. The van der Waals surface area contributed by atoms with Gasteiger partial charge in [0.2, 0.25) is 0 Å². The van der Waals surface area contributed by atoms with Crippen LogP contribution in [0.25, 0.3) is 10.9 Å². The average molecular weight is 396 g/mol. The van der Waals surface area contributed by atoms with Gasteiger partial charge in [0, 0.05) is 30.6 Å². The Balaban J connectivity index is 1.72. The standard InChI is InChI=1S/C21H24N4O4/c22-10-16-18(25-7-5-21(3-4-21)6-8-25)15-9-13(1-2-17(15)24-20(16)29)19(28)23-11-14(27)12-26/h1-2,9,14,26-27H,3-8,11-12H2,(H,23,28)(H,24,29). The summed E-state index contributed by atoms with van der Waals surface area (Å²) in [6, 6.07) is 6.95. The Labute approximate surface area is 167 Å². The third-order valence-electron chi connectivity index (χ3n) is 6.17. The van der Waals surface area contributed by atoms with E-state index >= 15 is 0 Å². The number of rotatable bonds is 5. The topological polar surface area (TPSA) is 129 Å². The summed E-state index contributed by atoms with van der Waals surface area (Å²) in [4.78, 5) is 29.7. The predicted molar refractivity (Wildman–Crippen MR) is 108 cm³/mol. The molecule has 2 aliphatic rings. The fourth-order valence-electron chi connectivity index (χ4n) is 4.11. The van der Waals surface area contributed by atoms with Crippen LogP contribution in [0.4, 0.5) is 5.69 Å². The Hall–Kier alpha value is -2.89. The number of aromatic nitrogens is 1. The number of piperidine rings is 1. The van der Waals surface area contributed by atoms with Gasteiger partial charge in [0.15, 0.2) is 0 Å². The molecule has 1 unspecified atom stereocenters. The minimum absolute atomic E-state index is 0.0660. The van der Waals surface area contributed by atoms with Gasteiger partial charge in [0.1, 0.15) is 11.6 Å². The quantitative estimate of drug-likeness (QED) is 0.593. The Bertz CT molecular complexity index is 1040. The molecule has 1 aliphatic heterocycles. The summed E-state index contributed by atoms with van der Waals surface area (Å²) >= 11 is 0. The Kier molecular flexibility index (Phi) is 5.03. The number of nitrogens with zero attached hydrogens (tertiary/aromatic N) is 2. The molecule has 1 atom stereocenters. The van der Waals surface area contributed by atoms with Gasteiger partial charge in [-0.25, -0.2) is 0 Å². The number of nitrogens with one attached hydrogen (secondary N) is 2. The highest BCUT2D eigenvalue weighted by Crippen LogP contribution is 2.54. The molecule has 0 radical (unpaired) electrons.